The van der Waals surface area contributed by atoms with Crippen molar-refractivity contribution in [3.63, 3.8) is 0 Å². The van der Waals surface area contributed by atoms with Gasteiger partial charge < -0.3 is 0 Å². The van der Waals surface area contributed by atoms with Crippen LogP contribution in [0.5, 0.6) is 0 Å². The summed E-state index contributed by atoms with van der Waals surface area (Å²) in [5.74, 6) is 1.35. The molecule has 0 spiro atoms. The molecule has 1 aromatic rings. The van der Waals surface area contributed by atoms with Gasteiger partial charge in [-0.05, 0) is 48.6 Å². The van der Waals surface area contributed by atoms with Crippen LogP contribution in [-0.2, 0) is 11.3 Å². The largest absolute Gasteiger partial charge is 0.251 e. The fourth-order valence-electron chi connectivity index (χ4n) is 3.95. The average Bonchev–Trinajstić information content (AvgIpc) is 2.61. The van der Waals surface area contributed by atoms with Gasteiger partial charge in [-0.2, -0.15) is 0 Å². The number of rotatable bonds is 9. The molecule has 0 saturated heterocycles. The highest BCUT2D eigenvalue weighted by atomic mass is 17.1. The fourth-order valence-corrected chi connectivity index (χ4v) is 3.95. The standard InChI is InChI=1S/C21H34O2/c1-3-5-7-17-9-13-19(14-10-17)21(23-22)20-15-11-18(12-16-20)8-6-4-2/h9-10,13-14,18,20-22H,3-8,11-12,15-16H2,1-2H3. The van der Waals surface area contributed by atoms with E-state index >= 15 is 0 Å². The maximum Gasteiger partial charge on any atom is 0.120 e. The predicted octanol–water partition coefficient (Wildman–Crippen LogP) is 6.56. The zero-order valence-electron chi connectivity index (χ0n) is 15.0. The molecule has 2 nitrogen and oxygen atoms in total. The number of benzene rings is 1. The fraction of sp³-hybridized carbons (Fsp3) is 0.714. The van der Waals surface area contributed by atoms with Gasteiger partial charge in [0.15, 0.2) is 0 Å². The minimum absolute atomic E-state index is 0.151. The van der Waals surface area contributed by atoms with Crippen molar-refractivity contribution >= 4 is 0 Å². The number of unbranched alkanes of at least 4 members (excludes halogenated alkanes) is 2. The first-order valence-electron chi connectivity index (χ1n) is 9.67. The smallest absolute Gasteiger partial charge is 0.120 e. The third-order valence-electron chi connectivity index (χ3n) is 5.53. The van der Waals surface area contributed by atoms with E-state index < -0.39 is 0 Å². The third kappa shape index (κ3) is 5.61. The maximum atomic E-state index is 9.45. The van der Waals surface area contributed by atoms with Crippen LogP contribution in [0.4, 0.5) is 0 Å². The first kappa shape index (κ1) is 18.5. The van der Waals surface area contributed by atoms with Gasteiger partial charge in [0.2, 0.25) is 0 Å². The second kappa shape index (κ2) is 10.1. The highest BCUT2D eigenvalue weighted by Crippen LogP contribution is 2.40. The monoisotopic (exact) mass is 318 g/mol. The Kier molecular flexibility index (Phi) is 8.11. The lowest BCUT2D eigenvalue weighted by Crippen LogP contribution is -2.22. The molecule has 1 atom stereocenters. The van der Waals surface area contributed by atoms with E-state index in [1.54, 1.807) is 0 Å². The first-order valence-corrected chi connectivity index (χ1v) is 9.67. The summed E-state index contributed by atoms with van der Waals surface area (Å²) < 4.78 is 0. The van der Waals surface area contributed by atoms with Crippen molar-refractivity contribution in [1.29, 1.82) is 0 Å². The van der Waals surface area contributed by atoms with E-state index in [0.29, 0.717) is 5.92 Å². The SMILES string of the molecule is CCCCc1ccc(C(OO)C2CCC(CCCC)CC2)cc1. The Morgan fingerprint density at radius 2 is 1.65 bits per heavy atom. The zero-order chi connectivity index (χ0) is 16.5. The van der Waals surface area contributed by atoms with Gasteiger partial charge in [-0.1, -0.05) is 76.6 Å². The molecular weight excluding hydrogens is 284 g/mol. The molecule has 1 aliphatic rings. The normalized spacial score (nSPS) is 22.9. The van der Waals surface area contributed by atoms with Gasteiger partial charge in [-0.3, -0.25) is 5.26 Å². The second-order valence-electron chi connectivity index (χ2n) is 7.29. The molecule has 0 bridgehead atoms. The minimum Gasteiger partial charge on any atom is -0.251 e. The van der Waals surface area contributed by atoms with Gasteiger partial charge in [-0.15, -0.1) is 0 Å². The van der Waals surface area contributed by atoms with Gasteiger partial charge in [0.05, 0.1) is 0 Å². The lowest BCUT2D eigenvalue weighted by molar-refractivity contribution is -0.296. The van der Waals surface area contributed by atoms with Crippen molar-refractivity contribution in [1.82, 2.24) is 0 Å². The van der Waals surface area contributed by atoms with Crippen molar-refractivity contribution in [2.24, 2.45) is 11.8 Å². The summed E-state index contributed by atoms with van der Waals surface area (Å²) in [6.07, 6.45) is 12.4. The summed E-state index contributed by atoms with van der Waals surface area (Å²) in [4.78, 5) is 4.91. The summed E-state index contributed by atoms with van der Waals surface area (Å²) in [6.45, 7) is 4.49. The topological polar surface area (TPSA) is 29.5 Å². The van der Waals surface area contributed by atoms with Gasteiger partial charge in [0, 0.05) is 0 Å². The lowest BCUT2D eigenvalue weighted by atomic mass is 9.76. The first-order chi connectivity index (χ1) is 11.3. The van der Waals surface area contributed by atoms with Crippen molar-refractivity contribution in [3.05, 3.63) is 35.4 Å². The van der Waals surface area contributed by atoms with Crippen molar-refractivity contribution in [2.75, 3.05) is 0 Å². The summed E-state index contributed by atoms with van der Waals surface area (Å²) in [6, 6.07) is 8.69. The second-order valence-corrected chi connectivity index (χ2v) is 7.29. The van der Waals surface area contributed by atoms with Crippen molar-refractivity contribution in [3.8, 4) is 0 Å². The summed E-state index contributed by atoms with van der Waals surface area (Å²) >= 11 is 0. The molecule has 2 heteroatoms. The highest BCUT2D eigenvalue weighted by Gasteiger charge is 2.29. The molecule has 0 aromatic heterocycles. The van der Waals surface area contributed by atoms with Crippen LogP contribution in [0.25, 0.3) is 0 Å². The molecule has 1 saturated carbocycles. The third-order valence-corrected chi connectivity index (χ3v) is 5.53. The average molecular weight is 319 g/mol. The molecule has 0 aliphatic heterocycles. The summed E-state index contributed by atoms with van der Waals surface area (Å²) in [5.41, 5.74) is 2.51. The molecule has 1 N–H and O–H groups in total. The van der Waals surface area contributed by atoms with Crippen LogP contribution in [-0.4, -0.2) is 5.26 Å². The zero-order valence-corrected chi connectivity index (χ0v) is 15.0. The number of hydrogen-bond donors (Lipinski definition) is 1. The van der Waals surface area contributed by atoms with Crippen LogP contribution in [0.3, 0.4) is 0 Å². The van der Waals surface area contributed by atoms with Crippen molar-refractivity contribution < 1.29 is 10.1 Å². The number of aryl methyl sites for hydroxylation is 1. The quantitative estimate of drug-likeness (QED) is 0.413. The molecule has 2 rings (SSSR count). The molecule has 0 amide bonds. The predicted molar refractivity (Wildman–Crippen MR) is 96.5 cm³/mol. The van der Waals surface area contributed by atoms with Crippen LogP contribution in [0.2, 0.25) is 0 Å². The van der Waals surface area contributed by atoms with Gasteiger partial charge in [-0.25, -0.2) is 4.89 Å². The molecular formula is C21H34O2. The Balaban J connectivity index is 1.89. The van der Waals surface area contributed by atoms with Crippen LogP contribution in [0, 0.1) is 11.8 Å². The van der Waals surface area contributed by atoms with Gasteiger partial charge in [0.25, 0.3) is 0 Å². The summed E-state index contributed by atoms with van der Waals surface area (Å²) in [5, 5.41) is 9.45. The molecule has 130 valence electrons. The lowest BCUT2D eigenvalue weighted by Gasteiger charge is -2.32. The van der Waals surface area contributed by atoms with Gasteiger partial charge in [0.1, 0.15) is 6.10 Å². The number of hydrogen-bond acceptors (Lipinski definition) is 2. The Hall–Kier alpha value is -0.860. The molecule has 0 radical (unpaired) electrons. The van der Waals surface area contributed by atoms with E-state index in [2.05, 4.69) is 38.1 Å². The van der Waals surface area contributed by atoms with Crippen LogP contribution >= 0.6 is 0 Å². The van der Waals surface area contributed by atoms with Gasteiger partial charge >= 0.3 is 0 Å². The minimum atomic E-state index is -0.151. The van der Waals surface area contributed by atoms with E-state index in [-0.39, 0.29) is 6.10 Å². The highest BCUT2D eigenvalue weighted by molar-refractivity contribution is 5.25. The van der Waals surface area contributed by atoms with E-state index in [9.17, 15) is 5.26 Å². The van der Waals surface area contributed by atoms with Crippen LogP contribution < -0.4 is 0 Å². The van der Waals surface area contributed by atoms with Crippen molar-refractivity contribution in [2.45, 2.75) is 84.2 Å². The van der Waals surface area contributed by atoms with E-state index in [0.717, 1.165) is 17.9 Å². The molecule has 23 heavy (non-hydrogen) atoms. The van der Waals surface area contributed by atoms with E-state index in [1.807, 2.05) is 0 Å². The molecule has 1 aromatic carbocycles. The molecule has 1 fully saturated rings. The molecule has 0 heterocycles. The Bertz CT molecular complexity index is 418. The summed E-state index contributed by atoms with van der Waals surface area (Å²) in [7, 11) is 0. The Morgan fingerprint density at radius 3 is 2.22 bits per heavy atom. The van der Waals surface area contributed by atoms with Crippen LogP contribution in [0.1, 0.15) is 88.9 Å². The maximum absolute atomic E-state index is 9.45. The molecule has 1 aliphatic carbocycles. The van der Waals surface area contributed by atoms with E-state index in [1.165, 1.54) is 63.4 Å². The van der Waals surface area contributed by atoms with Crippen LogP contribution in [0.15, 0.2) is 24.3 Å². The Labute approximate surface area is 142 Å². The van der Waals surface area contributed by atoms with E-state index in [4.69, 9.17) is 4.89 Å². The Morgan fingerprint density at radius 1 is 1.00 bits per heavy atom. The molecule has 1 unspecified atom stereocenters.